The van der Waals surface area contributed by atoms with Gasteiger partial charge in [-0.3, -0.25) is 4.79 Å². The molecular weight excluding hydrogens is 312 g/mol. The lowest BCUT2D eigenvalue weighted by Gasteiger charge is -2.27. The van der Waals surface area contributed by atoms with Gasteiger partial charge in [-0.05, 0) is 32.9 Å². The zero-order valence-electron chi connectivity index (χ0n) is 13.8. The number of aliphatic hydroxyl groups excluding tert-OH is 1. The van der Waals surface area contributed by atoms with E-state index in [-0.39, 0.29) is 18.5 Å². The van der Waals surface area contributed by atoms with Crippen LogP contribution in [0.3, 0.4) is 0 Å². The third kappa shape index (κ3) is 4.09. The minimum Gasteiger partial charge on any atom is -0.496 e. The maximum Gasteiger partial charge on any atom is 0.273 e. The predicted molar refractivity (Wildman–Crippen MR) is 92.0 cm³/mol. The fraction of sp³-hybridized carbons (Fsp3) is 0.412. The predicted octanol–water partition coefficient (Wildman–Crippen LogP) is 3.05. The second kappa shape index (κ2) is 7.57. The van der Waals surface area contributed by atoms with Crippen LogP contribution in [0.5, 0.6) is 5.75 Å². The van der Waals surface area contributed by atoms with E-state index in [1.807, 2.05) is 38.1 Å². The summed E-state index contributed by atoms with van der Waals surface area (Å²) in [6.07, 6.45) is -0.575. The maximum absolute atomic E-state index is 12.6. The molecule has 1 atom stereocenters. The van der Waals surface area contributed by atoms with Crippen LogP contribution in [0.25, 0.3) is 10.6 Å². The van der Waals surface area contributed by atoms with Crippen LogP contribution < -0.4 is 4.74 Å². The van der Waals surface area contributed by atoms with Gasteiger partial charge in [-0.1, -0.05) is 12.1 Å². The van der Waals surface area contributed by atoms with Crippen LogP contribution in [0, 0.1) is 0 Å². The minimum atomic E-state index is -0.575. The molecule has 0 aliphatic heterocycles. The van der Waals surface area contributed by atoms with Gasteiger partial charge in [0.1, 0.15) is 16.5 Å². The molecule has 5 nitrogen and oxygen atoms in total. The summed E-state index contributed by atoms with van der Waals surface area (Å²) in [4.78, 5) is 18.7. The molecule has 1 aromatic carbocycles. The van der Waals surface area contributed by atoms with Gasteiger partial charge in [-0.15, -0.1) is 11.3 Å². The van der Waals surface area contributed by atoms with Crippen LogP contribution in [0.2, 0.25) is 0 Å². The first kappa shape index (κ1) is 17.4. The molecule has 2 aromatic rings. The number of methoxy groups -OCH3 is 1. The Balaban J connectivity index is 2.29. The van der Waals surface area contributed by atoms with Crippen LogP contribution in [0.4, 0.5) is 0 Å². The molecule has 0 aliphatic carbocycles. The molecule has 0 fully saturated rings. The molecule has 0 radical (unpaired) electrons. The van der Waals surface area contributed by atoms with Gasteiger partial charge in [-0.2, -0.15) is 0 Å². The van der Waals surface area contributed by atoms with Crippen LogP contribution >= 0.6 is 11.3 Å². The van der Waals surface area contributed by atoms with Gasteiger partial charge in [0, 0.05) is 18.0 Å². The molecule has 0 bridgehead atoms. The quantitative estimate of drug-likeness (QED) is 0.882. The van der Waals surface area contributed by atoms with Crippen LogP contribution in [-0.2, 0) is 0 Å². The van der Waals surface area contributed by atoms with Gasteiger partial charge in [0.25, 0.3) is 5.91 Å². The number of ether oxygens (including phenoxy) is 1. The number of carbonyl (C=O) groups excluding carboxylic acids is 1. The number of nitrogens with zero attached hydrogens (tertiary/aromatic N) is 2. The Morgan fingerprint density at radius 1 is 1.35 bits per heavy atom. The Kier molecular flexibility index (Phi) is 5.74. The molecule has 0 aliphatic rings. The van der Waals surface area contributed by atoms with Gasteiger partial charge < -0.3 is 14.7 Å². The summed E-state index contributed by atoms with van der Waals surface area (Å²) in [5.74, 6) is 0.559. The first-order valence-corrected chi connectivity index (χ1v) is 8.40. The summed E-state index contributed by atoms with van der Waals surface area (Å²) in [6, 6.07) is 7.59. The minimum absolute atomic E-state index is 0.00601. The largest absolute Gasteiger partial charge is 0.496 e. The molecule has 0 spiro atoms. The molecule has 2 rings (SSSR count). The second-order valence-corrected chi connectivity index (χ2v) is 6.50. The summed E-state index contributed by atoms with van der Waals surface area (Å²) in [6.45, 7) is 5.81. The van der Waals surface area contributed by atoms with E-state index in [4.69, 9.17) is 4.74 Å². The van der Waals surface area contributed by atoms with Crippen molar-refractivity contribution in [1.29, 1.82) is 0 Å². The third-order valence-electron chi connectivity index (χ3n) is 3.41. The van der Waals surface area contributed by atoms with Crippen LogP contribution in [0.15, 0.2) is 29.6 Å². The fourth-order valence-electron chi connectivity index (χ4n) is 2.28. The number of amides is 1. The molecule has 23 heavy (non-hydrogen) atoms. The Morgan fingerprint density at radius 3 is 2.65 bits per heavy atom. The summed E-state index contributed by atoms with van der Waals surface area (Å²) < 4.78 is 5.35. The van der Waals surface area contributed by atoms with Gasteiger partial charge in [-0.25, -0.2) is 4.98 Å². The molecule has 124 valence electrons. The smallest absolute Gasteiger partial charge is 0.273 e. The van der Waals surface area contributed by atoms with Gasteiger partial charge in [0.05, 0.1) is 18.8 Å². The molecular formula is C17H22N2O3S. The van der Waals surface area contributed by atoms with E-state index in [1.54, 1.807) is 24.3 Å². The topological polar surface area (TPSA) is 62.7 Å². The lowest BCUT2D eigenvalue weighted by Crippen LogP contribution is -2.41. The highest BCUT2D eigenvalue weighted by Crippen LogP contribution is 2.32. The van der Waals surface area contributed by atoms with Crippen LogP contribution in [-0.4, -0.2) is 46.7 Å². The summed E-state index contributed by atoms with van der Waals surface area (Å²) in [5.41, 5.74) is 1.26. The van der Waals surface area contributed by atoms with E-state index in [0.29, 0.717) is 5.69 Å². The number of thiazole rings is 1. The van der Waals surface area contributed by atoms with Crippen molar-refractivity contribution >= 4 is 17.2 Å². The van der Waals surface area contributed by atoms with Gasteiger partial charge >= 0.3 is 0 Å². The van der Waals surface area contributed by atoms with Gasteiger partial charge in [0.15, 0.2) is 0 Å². The number of para-hydroxylation sites is 1. The Morgan fingerprint density at radius 2 is 2.04 bits per heavy atom. The van der Waals surface area contributed by atoms with Crippen molar-refractivity contribution in [3.63, 3.8) is 0 Å². The molecule has 6 heteroatoms. The monoisotopic (exact) mass is 334 g/mol. The number of benzene rings is 1. The van der Waals surface area contributed by atoms with Crippen LogP contribution in [0.1, 0.15) is 31.3 Å². The fourth-order valence-corrected chi connectivity index (χ4v) is 3.10. The zero-order chi connectivity index (χ0) is 17.0. The van der Waals surface area contributed by atoms with Crippen molar-refractivity contribution in [1.82, 2.24) is 9.88 Å². The Hall–Kier alpha value is -1.92. The van der Waals surface area contributed by atoms with E-state index in [0.717, 1.165) is 16.3 Å². The third-order valence-corrected chi connectivity index (χ3v) is 4.28. The molecule has 1 N–H and O–H groups in total. The van der Waals surface area contributed by atoms with Gasteiger partial charge in [0.2, 0.25) is 0 Å². The molecule has 1 aromatic heterocycles. The average Bonchev–Trinajstić information content (AvgIpc) is 3.01. The van der Waals surface area contributed by atoms with Crippen molar-refractivity contribution in [2.75, 3.05) is 13.7 Å². The normalized spacial score (nSPS) is 12.3. The summed E-state index contributed by atoms with van der Waals surface area (Å²) in [7, 11) is 1.61. The Labute approximate surface area is 140 Å². The van der Waals surface area contributed by atoms with E-state index in [2.05, 4.69) is 4.98 Å². The van der Waals surface area contributed by atoms with E-state index < -0.39 is 6.10 Å². The number of hydrogen-bond acceptors (Lipinski definition) is 5. The van der Waals surface area contributed by atoms with Crippen molar-refractivity contribution in [2.45, 2.75) is 32.9 Å². The maximum atomic E-state index is 12.6. The number of rotatable bonds is 6. The molecule has 0 saturated heterocycles. The lowest BCUT2D eigenvalue weighted by atomic mass is 10.2. The average molecular weight is 334 g/mol. The van der Waals surface area contributed by atoms with E-state index >= 15 is 0 Å². The molecule has 1 unspecified atom stereocenters. The van der Waals surface area contributed by atoms with Crippen molar-refractivity contribution in [3.8, 4) is 16.3 Å². The number of carbonyl (C=O) groups is 1. The standard InChI is InChI=1S/C17H22N2O3S/c1-11(2)19(9-12(3)20)17(21)14-10-23-16(18-14)13-7-5-6-8-15(13)22-4/h5-8,10-12,20H,9H2,1-4H3. The zero-order valence-corrected chi connectivity index (χ0v) is 14.6. The Bertz CT molecular complexity index is 667. The number of hydrogen-bond donors (Lipinski definition) is 1. The molecule has 1 amide bonds. The number of aromatic nitrogens is 1. The number of aliphatic hydroxyl groups is 1. The first-order valence-electron chi connectivity index (χ1n) is 7.52. The first-order chi connectivity index (χ1) is 10.9. The van der Waals surface area contributed by atoms with Crippen molar-refractivity contribution in [3.05, 3.63) is 35.3 Å². The van der Waals surface area contributed by atoms with E-state index in [1.165, 1.54) is 11.3 Å². The SMILES string of the molecule is COc1ccccc1-c1nc(C(=O)N(CC(C)O)C(C)C)cs1. The highest BCUT2D eigenvalue weighted by molar-refractivity contribution is 7.13. The lowest BCUT2D eigenvalue weighted by molar-refractivity contribution is 0.0574. The molecule has 0 saturated carbocycles. The summed E-state index contributed by atoms with van der Waals surface area (Å²) >= 11 is 1.41. The highest BCUT2D eigenvalue weighted by Gasteiger charge is 2.23. The highest BCUT2D eigenvalue weighted by atomic mass is 32.1. The van der Waals surface area contributed by atoms with Crippen molar-refractivity contribution < 1.29 is 14.6 Å². The summed E-state index contributed by atoms with van der Waals surface area (Å²) in [5, 5.41) is 12.1. The molecule has 1 heterocycles. The van der Waals surface area contributed by atoms with E-state index in [9.17, 15) is 9.90 Å². The second-order valence-electron chi connectivity index (χ2n) is 5.64. The van der Waals surface area contributed by atoms with Crippen molar-refractivity contribution in [2.24, 2.45) is 0 Å².